The van der Waals surface area contributed by atoms with Crippen LogP contribution in [0.1, 0.15) is 13.3 Å². The topological polar surface area (TPSA) is 95.2 Å². The zero-order valence-corrected chi connectivity index (χ0v) is 11.8. The molecule has 112 valence electrons. The molecule has 0 saturated heterocycles. The Morgan fingerprint density at radius 2 is 2.10 bits per heavy atom. The number of nitrogen functional groups attached to an aromatic ring is 1. The molecule has 0 spiro atoms. The fourth-order valence-corrected chi connectivity index (χ4v) is 1.56. The third-order valence-electron chi connectivity index (χ3n) is 2.48. The number of methoxy groups -OCH3 is 1. The van der Waals surface area contributed by atoms with Gasteiger partial charge in [0, 0.05) is 11.8 Å². The Kier molecular flexibility index (Phi) is 4.70. The van der Waals surface area contributed by atoms with Crippen LogP contribution >= 0.6 is 0 Å². The summed E-state index contributed by atoms with van der Waals surface area (Å²) in [4.78, 5) is 11.8. The molecule has 0 aliphatic carbocycles. The van der Waals surface area contributed by atoms with Crippen molar-refractivity contribution >= 4 is 17.6 Å². The Bertz CT molecular complexity index is 624. The second-order valence-electron chi connectivity index (χ2n) is 4.12. The highest BCUT2D eigenvalue weighted by molar-refractivity contribution is 5.55. The molecule has 1 aromatic heterocycles. The van der Waals surface area contributed by atoms with Gasteiger partial charge < -0.3 is 20.5 Å². The van der Waals surface area contributed by atoms with Gasteiger partial charge in [-0.2, -0.15) is 15.0 Å². The summed E-state index contributed by atoms with van der Waals surface area (Å²) in [7, 11) is 1.40. The summed E-state index contributed by atoms with van der Waals surface area (Å²) in [6, 6.07) is 4.53. The number of nitrogens with zero attached hydrogens (tertiary/aromatic N) is 3. The molecule has 7 nitrogen and oxygen atoms in total. The van der Waals surface area contributed by atoms with Gasteiger partial charge in [-0.15, -0.1) is 0 Å². The average molecular weight is 293 g/mol. The summed E-state index contributed by atoms with van der Waals surface area (Å²) in [6.07, 6.45) is 0.818. The quantitative estimate of drug-likeness (QED) is 0.842. The number of benzene rings is 1. The first kappa shape index (κ1) is 14.8. The van der Waals surface area contributed by atoms with Crippen LogP contribution in [0.5, 0.6) is 11.8 Å². The minimum absolute atomic E-state index is 0.0209. The van der Waals surface area contributed by atoms with E-state index < -0.39 is 5.82 Å². The number of rotatable bonds is 6. The van der Waals surface area contributed by atoms with Crippen molar-refractivity contribution in [2.45, 2.75) is 13.3 Å². The molecule has 0 radical (unpaired) electrons. The molecule has 0 amide bonds. The van der Waals surface area contributed by atoms with Crippen molar-refractivity contribution in [3.05, 3.63) is 24.0 Å². The van der Waals surface area contributed by atoms with Crippen LogP contribution in [-0.2, 0) is 0 Å². The van der Waals surface area contributed by atoms with Crippen LogP contribution in [0.4, 0.5) is 22.0 Å². The van der Waals surface area contributed by atoms with Crippen LogP contribution in [0, 0.1) is 5.82 Å². The van der Waals surface area contributed by atoms with E-state index in [1.165, 1.54) is 19.2 Å². The highest BCUT2D eigenvalue weighted by atomic mass is 19.1. The van der Waals surface area contributed by atoms with Crippen LogP contribution < -0.4 is 20.5 Å². The van der Waals surface area contributed by atoms with Crippen LogP contribution in [0.3, 0.4) is 0 Å². The summed E-state index contributed by atoms with van der Waals surface area (Å²) in [6.45, 7) is 2.43. The fraction of sp³-hybridized carbons (Fsp3) is 0.308. The van der Waals surface area contributed by atoms with Crippen molar-refractivity contribution in [3.63, 3.8) is 0 Å². The lowest BCUT2D eigenvalue weighted by molar-refractivity contribution is 0.292. The molecule has 0 unspecified atom stereocenters. The number of anilines is 3. The number of halogens is 1. The van der Waals surface area contributed by atoms with E-state index >= 15 is 0 Å². The molecule has 0 aliphatic rings. The van der Waals surface area contributed by atoms with Gasteiger partial charge in [0.15, 0.2) is 11.6 Å². The Hall–Kier alpha value is -2.64. The molecule has 1 aromatic carbocycles. The Morgan fingerprint density at radius 3 is 2.76 bits per heavy atom. The summed E-state index contributed by atoms with van der Waals surface area (Å²) < 4.78 is 23.8. The molecule has 0 atom stereocenters. The van der Waals surface area contributed by atoms with Crippen molar-refractivity contribution in [2.24, 2.45) is 0 Å². The maximum Gasteiger partial charge on any atom is 0.323 e. The monoisotopic (exact) mass is 293 g/mol. The summed E-state index contributed by atoms with van der Waals surface area (Å²) >= 11 is 0. The highest BCUT2D eigenvalue weighted by Crippen LogP contribution is 2.22. The standard InChI is InChI=1S/C13H16FN5O2/c1-3-6-21-13-18-11(15)17-12(19-13)16-8-4-5-10(20-2)9(14)7-8/h4-5,7H,3,6H2,1-2H3,(H3,15,16,17,18,19). The average Bonchev–Trinajstić information content (AvgIpc) is 2.45. The molecular weight excluding hydrogens is 277 g/mol. The molecule has 0 aliphatic heterocycles. The van der Waals surface area contributed by atoms with E-state index in [1.54, 1.807) is 6.07 Å². The van der Waals surface area contributed by atoms with E-state index in [0.29, 0.717) is 12.3 Å². The van der Waals surface area contributed by atoms with Gasteiger partial charge >= 0.3 is 6.01 Å². The third-order valence-corrected chi connectivity index (χ3v) is 2.48. The van der Waals surface area contributed by atoms with Crippen molar-refractivity contribution in [3.8, 4) is 11.8 Å². The number of nitrogens with one attached hydrogen (secondary N) is 1. The van der Waals surface area contributed by atoms with E-state index in [0.717, 1.165) is 6.42 Å². The summed E-state index contributed by atoms with van der Waals surface area (Å²) in [5.41, 5.74) is 6.04. The molecule has 0 bridgehead atoms. The molecule has 21 heavy (non-hydrogen) atoms. The Morgan fingerprint density at radius 1 is 1.29 bits per heavy atom. The van der Waals surface area contributed by atoms with Gasteiger partial charge in [-0.1, -0.05) is 6.92 Å². The number of aromatic nitrogens is 3. The smallest absolute Gasteiger partial charge is 0.323 e. The first-order valence-corrected chi connectivity index (χ1v) is 6.37. The van der Waals surface area contributed by atoms with Crippen molar-refractivity contribution in [1.82, 2.24) is 15.0 Å². The van der Waals surface area contributed by atoms with Gasteiger partial charge in [0.05, 0.1) is 13.7 Å². The first-order valence-electron chi connectivity index (χ1n) is 6.37. The summed E-state index contributed by atoms with van der Waals surface area (Å²) in [5, 5.41) is 2.84. The van der Waals surface area contributed by atoms with E-state index in [9.17, 15) is 4.39 Å². The zero-order chi connectivity index (χ0) is 15.2. The number of hydrogen-bond donors (Lipinski definition) is 2. The minimum atomic E-state index is -0.494. The molecule has 8 heteroatoms. The summed E-state index contributed by atoms with van der Waals surface area (Å²) in [5.74, 6) is -0.139. The maximum atomic E-state index is 13.6. The largest absolute Gasteiger partial charge is 0.494 e. The van der Waals surface area contributed by atoms with Gasteiger partial charge in [-0.25, -0.2) is 4.39 Å². The fourth-order valence-electron chi connectivity index (χ4n) is 1.56. The highest BCUT2D eigenvalue weighted by Gasteiger charge is 2.08. The van der Waals surface area contributed by atoms with Crippen LogP contribution in [0.15, 0.2) is 18.2 Å². The second-order valence-corrected chi connectivity index (χ2v) is 4.12. The van der Waals surface area contributed by atoms with E-state index in [4.69, 9.17) is 15.2 Å². The molecule has 0 fully saturated rings. The maximum absolute atomic E-state index is 13.6. The minimum Gasteiger partial charge on any atom is -0.494 e. The SMILES string of the molecule is CCCOc1nc(N)nc(Nc2ccc(OC)c(F)c2)n1. The molecule has 3 N–H and O–H groups in total. The van der Waals surface area contributed by atoms with Crippen molar-refractivity contribution in [1.29, 1.82) is 0 Å². The molecule has 2 rings (SSSR count). The van der Waals surface area contributed by atoms with Gasteiger partial charge in [0.25, 0.3) is 0 Å². The molecule has 0 saturated carbocycles. The van der Waals surface area contributed by atoms with Crippen LogP contribution in [0.25, 0.3) is 0 Å². The predicted molar refractivity (Wildman–Crippen MR) is 76.3 cm³/mol. The van der Waals surface area contributed by atoms with Gasteiger partial charge in [-0.3, -0.25) is 0 Å². The molecule has 1 heterocycles. The van der Waals surface area contributed by atoms with Gasteiger partial charge in [0.2, 0.25) is 11.9 Å². The Balaban J connectivity index is 2.18. The Labute approximate surface area is 121 Å². The van der Waals surface area contributed by atoms with Gasteiger partial charge in [-0.05, 0) is 18.6 Å². The lowest BCUT2D eigenvalue weighted by atomic mass is 10.3. The number of hydrogen-bond acceptors (Lipinski definition) is 7. The number of ether oxygens (including phenoxy) is 2. The van der Waals surface area contributed by atoms with E-state index in [-0.39, 0.29) is 23.7 Å². The molecule has 2 aromatic rings. The lowest BCUT2D eigenvalue weighted by Crippen LogP contribution is -2.07. The number of nitrogens with two attached hydrogens (primary N) is 1. The first-order chi connectivity index (χ1) is 10.1. The van der Waals surface area contributed by atoms with Crippen molar-refractivity contribution < 1.29 is 13.9 Å². The van der Waals surface area contributed by atoms with Crippen molar-refractivity contribution in [2.75, 3.05) is 24.8 Å². The van der Waals surface area contributed by atoms with E-state index in [2.05, 4.69) is 20.3 Å². The van der Waals surface area contributed by atoms with Gasteiger partial charge in [0.1, 0.15) is 0 Å². The predicted octanol–water partition coefficient (Wildman–Crippen LogP) is 2.13. The third kappa shape index (κ3) is 3.91. The molecular formula is C13H16FN5O2. The van der Waals surface area contributed by atoms with Crippen LogP contribution in [-0.4, -0.2) is 28.7 Å². The normalized spacial score (nSPS) is 10.2. The second kappa shape index (κ2) is 6.69. The van der Waals surface area contributed by atoms with Crippen LogP contribution in [0.2, 0.25) is 0 Å². The zero-order valence-electron chi connectivity index (χ0n) is 11.8. The lowest BCUT2D eigenvalue weighted by Gasteiger charge is -2.09. The van der Waals surface area contributed by atoms with E-state index in [1.807, 2.05) is 6.92 Å².